The van der Waals surface area contributed by atoms with Crippen molar-refractivity contribution in [2.75, 3.05) is 38.2 Å². The van der Waals surface area contributed by atoms with Crippen LogP contribution in [-0.2, 0) is 11.2 Å². The molecular weight excluding hydrogens is 368 g/mol. The maximum absolute atomic E-state index is 12.7. The number of nitrogens with zero attached hydrogens (tertiary/aromatic N) is 6. The average Bonchev–Trinajstić information content (AvgIpc) is 3.53. The predicted molar refractivity (Wildman–Crippen MR) is 108 cm³/mol. The molecule has 150 valence electrons. The summed E-state index contributed by atoms with van der Waals surface area (Å²) >= 11 is 0. The molecule has 8 heteroatoms. The summed E-state index contributed by atoms with van der Waals surface area (Å²) in [6.45, 7) is 2.99. The molecule has 0 unspecified atom stereocenters. The van der Waals surface area contributed by atoms with Crippen LogP contribution in [0, 0.1) is 0 Å². The van der Waals surface area contributed by atoms with Crippen molar-refractivity contribution in [3.63, 3.8) is 0 Å². The minimum absolute atomic E-state index is 0.162. The van der Waals surface area contributed by atoms with Crippen molar-refractivity contribution < 1.29 is 9.53 Å². The van der Waals surface area contributed by atoms with Crippen molar-refractivity contribution in [3.05, 3.63) is 47.9 Å². The van der Waals surface area contributed by atoms with E-state index in [-0.39, 0.29) is 5.91 Å². The molecule has 1 aliphatic heterocycles. The minimum Gasteiger partial charge on any atom is -0.497 e. The van der Waals surface area contributed by atoms with Gasteiger partial charge < -0.3 is 14.5 Å². The van der Waals surface area contributed by atoms with Crippen LogP contribution in [0.25, 0.3) is 5.65 Å². The lowest BCUT2D eigenvalue weighted by molar-refractivity contribution is -0.130. The van der Waals surface area contributed by atoms with Crippen molar-refractivity contribution in [1.29, 1.82) is 0 Å². The summed E-state index contributed by atoms with van der Waals surface area (Å²) in [4.78, 5) is 16.9. The van der Waals surface area contributed by atoms with Gasteiger partial charge in [0, 0.05) is 38.2 Å². The van der Waals surface area contributed by atoms with Crippen molar-refractivity contribution in [3.8, 4) is 5.75 Å². The zero-order valence-corrected chi connectivity index (χ0v) is 16.5. The highest BCUT2D eigenvalue weighted by Gasteiger charge is 2.29. The normalized spacial score (nSPS) is 17.0. The number of hydrogen-bond donors (Lipinski definition) is 0. The van der Waals surface area contributed by atoms with E-state index in [9.17, 15) is 4.79 Å². The molecule has 0 spiro atoms. The number of benzene rings is 1. The Morgan fingerprint density at radius 3 is 2.55 bits per heavy atom. The van der Waals surface area contributed by atoms with Crippen LogP contribution in [0.3, 0.4) is 0 Å². The highest BCUT2D eigenvalue weighted by Crippen LogP contribution is 2.38. The Morgan fingerprint density at radius 2 is 1.86 bits per heavy atom. The fourth-order valence-corrected chi connectivity index (χ4v) is 3.81. The highest BCUT2D eigenvalue weighted by molar-refractivity contribution is 5.79. The molecule has 0 N–H and O–H groups in total. The van der Waals surface area contributed by atoms with Gasteiger partial charge in [0.1, 0.15) is 5.75 Å². The largest absolute Gasteiger partial charge is 0.497 e. The van der Waals surface area contributed by atoms with Gasteiger partial charge in [-0.05, 0) is 30.5 Å². The molecule has 0 atom stereocenters. The summed E-state index contributed by atoms with van der Waals surface area (Å²) in [5.74, 6) is 2.45. The molecule has 2 fully saturated rings. The van der Waals surface area contributed by atoms with E-state index in [4.69, 9.17) is 4.74 Å². The third-order valence-electron chi connectivity index (χ3n) is 5.73. The Labute approximate surface area is 169 Å². The topological polar surface area (TPSA) is 75.9 Å². The van der Waals surface area contributed by atoms with Crippen molar-refractivity contribution >= 4 is 17.2 Å². The fraction of sp³-hybridized carbons (Fsp3) is 0.429. The van der Waals surface area contributed by atoms with E-state index in [1.54, 1.807) is 7.11 Å². The van der Waals surface area contributed by atoms with E-state index in [1.165, 1.54) is 12.8 Å². The van der Waals surface area contributed by atoms with Gasteiger partial charge in [0.05, 0.1) is 25.4 Å². The van der Waals surface area contributed by atoms with E-state index in [0.29, 0.717) is 25.4 Å². The lowest BCUT2D eigenvalue weighted by Crippen LogP contribution is -2.49. The van der Waals surface area contributed by atoms with Gasteiger partial charge in [-0.1, -0.05) is 12.1 Å². The third kappa shape index (κ3) is 3.62. The van der Waals surface area contributed by atoms with Crippen LogP contribution in [0.4, 0.5) is 5.69 Å². The number of methoxy groups -OCH3 is 1. The average molecular weight is 392 g/mol. The maximum atomic E-state index is 12.7. The van der Waals surface area contributed by atoms with Crippen LogP contribution >= 0.6 is 0 Å². The van der Waals surface area contributed by atoms with Gasteiger partial charge >= 0.3 is 0 Å². The standard InChI is InChI=1S/C21H24N6O2/c1-29-18-6-2-15(3-7-18)12-20(28)26-10-8-25(9-11-26)17-13-19-23-24-21(16-4-5-16)27(19)22-14-17/h2-3,6-7,13-14,16H,4-5,8-12H2,1H3. The summed E-state index contributed by atoms with van der Waals surface area (Å²) in [5.41, 5.74) is 2.84. The van der Waals surface area contributed by atoms with Crippen LogP contribution in [0.15, 0.2) is 36.5 Å². The smallest absolute Gasteiger partial charge is 0.227 e. The number of amides is 1. The second kappa shape index (κ2) is 7.35. The Hall–Kier alpha value is -3.16. The van der Waals surface area contributed by atoms with Crippen molar-refractivity contribution in [1.82, 2.24) is 24.7 Å². The van der Waals surface area contributed by atoms with Crippen LogP contribution in [-0.4, -0.2) is 63.9 Å². The number of carbonyl (C=O) groups excluding carboxylic acids is 1. The molecule has 2 aliphatic rings. The highest BCUT2D eigenvalue weighted by atomic mass is 16.5. The van der Waals surface area contributed by atoms with Gasteiger partial charge in [0.15, 0.2) is 11.5 Å². The second-order valence-electron chi connectivity index (χ2n) is 7.71. The first kappa shape index (κ1) is 17.9. The number of aromatic nitrogens is 4. The fourth-order valence-electron chi connectivity index (χ4n) is 3.81. The van der Waals surface area contributed by atoms with E-state index in [2.05, 4.69) is 20.2 Å². The van der Waals surface area contributed by atoms with Crippen LogP contribution < -0.4 is 9.64 Å². The Balaban J connectivity index is 1.20. The quantitative estimate of drug-likeness (QED) is 0.660. The predicted octanol–water partition coefficient (Wildman–Crippen LogP) is 1.90. The Kier molecular flexibility index (Phi) is 4.54. The van der Waals surface area contributed by atoms with Crippen LogP contribution in [0.1, 0.15) is 30.1 Å². The second-order valence-corrected chi connectivity index (χ2v) is 7.71. The first-order valence-corrected chi connectivity index (χ1v) is 10.1. The molecular formula is C21H24N6O2. The third-order valence-corrected chi connectivity index (χ3v) is 5.73. The molecule has 1 saturated heterocycles. The summed E-state index contributed by atoms with van der Waals surface area (Å²) in [6.07, 6.45) is 4.66. The van der Waals surface area contributed by atoms with Crippen LogP contribution in [0.2, 0.25) is 0 Å². The molecule has 1 saturated carbocycles. The lowest BCUT2D eigenvalue weighted by atomic mass is 10.1. The molecule has 2 aromatic heterocycles. The first-order valence-electron chi connectivity index (χ1n) is 10.1. The van der Waals surface area contributed by atoms with E-state index >= 15 is 0 Å². The molecule has 5 rings (SSSR count). The summed E-state index contributed by atoms with van der Waals surface area (Å²) in [7, 11) is 1.64. The monoisotopic (exact) mass is 392 g/mol. The number of fused-ring (bicyclic) bond motifs is 1. The molecule has 8 nitrogen and oxygen atoms in total. The van der Waals surface area contributed by atoms with Crippen molar-refractivity contribution in [2.45, 2.75) is 25.2 Å². The molecule has 3 heterocycles. The minimum atomic E-state index is 0.162. The lowest BCUT2D eigenvalue weighted by Gasteiger charge is -2.36. The number of carbonyl (C=O) groups is 1. The molecule has 1 aromatic carbocycles. The van der Waals surface area contributed by atoms with Gasteiger partial charge in [-0.2, -0.15) is 9.61 Å². The van der Waals surface area contributed by atoms with Crippen LogP contribution in [0.5, 0.6) is 5.75 Å². The Morgan fingerprint density at radius 1 is 1.10 bits per heavy atom. The summed E-state index contributed by atoms with van der Waals surface area (Å²) < 4.78 is 7.03. The molecule has 3 aromatic rings. The van der Waals surface area contributed by atoms with Crippen molar-refractivity contribution in [2.24, 2.45) is 0 Å². The number of ether oxygens (including phenoxy) is 1. The molecule has 1 aliphatic carbocycles. The van der Waals surface area contributed by atoms with Gasteiger partial charge in [-0.25, -0.2) is 0 Å². The van der Waals surface area contributed by atoms with Gasteiger partial charge in [0.25, 0.3) is 0 Å². The zero-order chi connectivity index (χ0) is 19.8. The maximum Gasteiger partial charge on any atom is 0.227 e. The number of piperazine rings is 1. The zero-order valence-electron chi connectivity index (χ0n) is 16.5. The SMILES string of the molecule is COc1ccc(CC(=O)N2CCN(c3cnn4c(C5CC5)nnc4c3)CC2)cc1. The number of hydrogen-bond acceptors (Lipinski definition) is 6. The van der Waals surface area contributed by atoms with Gasteiger partial charge in [0.2, 0.25) is 5.91 Å². The molecule has 29 heavy (non-hydrogen) atoms. The van der Waals surface area contributed by atoms with E-state index < -0.39 is 0 Å². The number of rotatable bonds is 5. The van der Waals surface area contributed by atoms with Gasteiger partial charge in [-0.15, -0.1) is 10.2 Å². The first-order chi connectivity index (χ1) is 14.2. The van der Waals surface area contributed by atoms with E-state index in [1.807, 2.05) is 45.9 Å². The molecule has 0 radical (unpaired) electrons. The van der Waals surface area contributed by atoms with E-state index in [0.717, 1.165) is 41.6 Å². The van der Waals surface area contributed by atoms with Gasteiger partial charge in [-0.3, -0.25) is 4.79 Å². The summed E-state index contributed by atoms with van der Waals surface area (Å²) in [6, 6.07) is 9.72. The molecule has 1 amide bonds. The Bertz CT molecular complexity index is 1020. The summed E-state index contributed by atoms with van der Waals surface area (Å²) in [5, 5.41) is 13.1. The molecule has 0 bridgehead atoms. The number of anilines is 1.